The van der Waals surface area contributed by atoms with Gasteiger partial charge in [-0.2, -0.15) is 0 Å². The summed E-state index contributed by atoms with van der Waals surface area (Å²) in [4.78, 5) is 15.4. The maximum absolute atomic E-state index is 11.6. The summed E-state index contributed by atoms with van der Waals surface area (Å²) in [7, 11) is 0. The molecule has 4 nitrogen and oxygen atoms in total. The van der Waals surface area contributed by atoms with Crippen LogP contribution in [-0.2, 0) is 4.74 Å². The van der Waals surface area contributed by atoms with Gasteiger partial charge in [0.05, 0.1) is 6.61 Å². The second-order valence-corrected chi connectivity index (χ2v) is 5.84. The zero-order valence-corrected chi connectivity index (χ0v) is 12.4. The molecule has 5 heteroatoms. The summed E-state index contributed by atoms with van der Waals surface area (Å²) in [6.45, 7) is 7.42. The largest absolute Gasteiger partial charge is 0.450 e. The van der Waals surface area contributed by atoms with Crippen molar-refractivity contribution in [2.45, 2.75) is 32.2 Å². The maximum Gasteiger partial charge on any atom is 0.407 e. The van der Waals surface area contributed by atoms with Crippen molar-refractivity contribution in [1.29, 1.82) is 0 Å². The van der Waals surface area contributed by atoms with Crippen LogP contribution in [0.15, 0.2) is 17.5 Å². The van der Waals surface area contributed by atoms with Crippen molar-refractivity contribution in [2.24, 2.45) is 0 Å². The van der Waals surface area contributed by atoms with Crippen molar-refractivity contribution in [2.75, 3.05) is 26.2 Å². The fraction of sp³-hybridized carbons (Fsp3) is 0.643. The van der Waals surface area contributed by atoms with E-state index >= 15 is 0 Å². The highest BCUT2D eigenvalue weighted by Gasteiger charge is 2.29. The van der Waals surface area contributed by atoms with Gasteiger partial charge in [-0.15, -0.1) is 11.3 Å². The number of likely N-dealkylation sites (N-methyl/N-ethyl adjacent to an activating group) is 1. The Kier molecular flexibility index (Phi) is 5.22. The minimum Gasteiger partial charge on any atom is -0.450 e. The molecule has 1 aromatic rings. The third-order valence-corrected chi connectivity index (χ3v) is 4.55. The first-order valence-electron chi connectivity index (χ1n) is 6.92. The number of thiophene rings is 1. The second-order valence-electron chi connectivity index (χ2n) is 4.86. The minimum absolute atomic E-state index is 0.180. The molecule has 0 bridgehead atoms. The van der Waals surface area contributed by atoms with E-state index in [1.165, 1.54) is 4.88 Å². The summed E-state index contributed by atoms with van der Waals surface area (Å²) in [5.41, 5.74) is 0. The fourth-order valence-electron chi connectivity index (χ4n) is 2.62. The number of rotatable bonds is 4. The van der Waals surface area contributed by atoms with E-state index < -0.39 is 0 Å². The standard InChI is InChI=1S/C14H22N2O2S/c1-3-16-9-11(13-6-5-7-19-13)8-12(10-16)15-14(17)18-4-2/h5-7,11-12H,3-4,8-10H2,1-2H3,(H,15,17). The Morgan fingerprint density at radius 1 is 1.53 bits per heavy atom. The van der Waals surface area contributed by atoms with Crippen LogP contribution in [0.2, 0.25) is 0 Å². The van der Waals surface area contributed by atoms with Gasteiger partial charge < -0.3 is 15.0 Å². The number of hydrogen-bond acceptors (Lipinski definition) is 4. The lowest BCUT2D eigenvalue weighted by atomic mass is 9.93. The van der Waals surface area contributed by atoms with Crippen molar-refractivity contribution in [3.63, 3.8) is 0 Å². The number of alkyl carbamates (subject to hydrolysis) is 1. The molecule has 0 saturated carbocycles. The monoisotopic (exact) mass is 282 g/mol. The Morgan fingerprint density at radius 2 is 2.37 bits per heavy atom. The van der Waals surface area contributed by atoms with Crippen molar-refractivity contribution >= 4 is 17.4 Å². The molecule has 0 aliphatic carbocycles. The average Bonchev–Trinajstić information content (AvgIpc) is 2.92. The summed E-state index contributed by atoms with van der Waals surface area (Å²) in [5.74, 6) is 0.514. The first-order chi connectivity index (χ1) is 9.22. The van der Waals surface area contributed by atoms with Crippen LogP contribution in [-0.4, -0.2) is 43.3 Å². The van der Waals surface area contributed by atoms with Gasteiger partial charge in [0.25, 0.3) is 0 Å². The third-order valence-electron chi connectivity index (χ3n) is 3.52. The van der Waals surface area contributed by atoms with E-state index in [0.717, 1.165) is 26.1 Å². The number of hydrogen-bond donors (Lipinski definition) is 1. The Labute approximate surface area is 118 Å². The molecule has 2 rings (SSSR count). The smallest absolute Gasteiger partial charge is 0.407 e. The average molecular weight is 282 g/mol. The van der Waals surface area contributed by atoms with Gasteiger partial charge in [-0.3, -0.25) is 0 Å². The van der Waals surface area contributed by atoms with Crippen LogP contribution in [0.4, 0.5) is 4.79 Å². The molecule has 1 aromatic heterocycles. The molecule has 1 amide bonds. The van der Waals surface area contributed by atoms with E-state index in [4.69, 9.17) is 4.74 Å². The SMILES string of the molecule is CCOC(=O)NC1CC(c2cccs2)CN(CC)C1. The van der Waals surface area contributed by atoms with E-state index in [9.17, 15) is 4.79 Å². The number of piperidine rings is 1. The highest BCUT2D eigenvalue weighted by atomic mass is 32.1. The highest BCUT2D eigenvalue weighted by Crippen LogP contribution is 2.30. The molecule has 106 valence electrons. The van der Waals surface area contributed by atoms with E-state index in [2.05, 4.69) is 34.7 Å². The Hall–Kier alpha value is -1.07. The molecule has 0 aromatic carbocycles. The van der Waals surface area contributed by atoms with E-state index in [-0.39, 0.29) is 12.1 Å². The molecule has 19 heavy (non-hydrogen) atoms. The van der Waals surface area contributed by atoms with E-state index in [0.29, 0.717) is 12.5 Å². The van der Waals surface area contributed by atoms with Gasteiger partial charge >= 0.3 is 6.09 Å². The summed E-state index contributed by atoms with van der Waals surface area (Å²) in [5, 5.41) is 5.10. The Balaban J connectivity index is 1.98. The van der Waals surface area contributed by atoms with Gasteiger partial charge in [0, 0.05) is 29.9 Å². The van der Waals surface area contributed by atoms with Crippen LogP contribution in [0.25, 0.3) is 0 Å². The molecule has 2 atom stereocenters. The van der Waals surface area contributed by atoms with Crippen LogP contribution < -0.4 is 5.32 Å². The maximum atomic E-state index is 11.6. The number of ether oxygens (including phenoxy) is 1. The molecular weight excluding hydrogens is 260 g/mol. The molecule has 1 aliphatic rings. The van der Waals surface area contributed by atoms with Gasteiger partial charge in [-0.1, -0.05) is 13.0 Å². The van der Waals surface area contributed by atoms with Gasteiger partial charge in [0.15, 0.2) is 0 Å². The zero-order chi connectivity index (χ0) is 13.7. The first-order valence-corrected chi connectivity index (χ1v) is 7.79. The number of nitrogens with zero attached hydrogens (tertiary/aromatic N) is 1. The first kappa shape index (κ1) is 14.3. The predicted octanol–water partition coefficient (Wildman–Crippen LogP) is 2.67. The minimum atomic E-state index is -0.296. The number of nitrogens with one attached hydrogen (secondary N) is 1. The highest BCUT2D eigenvalue weighted by molar-refractivity contribution is 7.10. The molecule has 1 aliphatic heterocycles. The summed E-state index contributed by atoms with van der Waals surface area (Å²) < 4.78 is 4.97. The molecule has 2 unspecified atom stereocenters. The fourth-order valence-corrected chi connectivity index (χ4v) is 3.46. The van der Waals surface area contributed by atoms with Crippen LogP contribution in [0.1, 0.15) is 31.1 Å². The van der Waals surface area contributed by atoms with Gasteiger partial charge in [-0.05, 0) is 31.3 Å². The molecule has 0 radical (unpaired) electrons. The van der Waals surface area contributed by atoms with E-state index in [1.807, 2.05) is 6.92 Å². The summed E-state index contributed by atoms with van der Waals surface area (Å²) in [6.07, 6.45) is 0.700. The Morgan fingerprint density at radius 3 is 3.00 bits per heavy atom. The number of amides is 1. The van der Waals surface area contributed by atoms with Crippen molar-refractivity contribution in [1.82, 2.24) is 10.2 Å². The lowest BCUT2D eigenvalue weighted by molar-refractivity contribution is 0.131. The second kappa shape index (κ2) is 6.91. The molecule has 2 heterocycles. The van der Waals surface area contributed by atoms with E-state index in [1.54, 1.807) is 11.3 Å². The lowest BCUT2D eigenvalue weighted by Crippen LogP contribution is -2.50. The van der Waals surface area contributed by atoms with Crippen molar-refractivity contribution in [3.05, 3.63) is 22.4 Å². The number of carbonyl (C=O) groups is 1. The molecule has 1 fully saturated rings. The predicted molar refractivity (Wildman–Crippen MR) is 77.7 cm³/mol. The summed E-state index contributed by atoms with van der Waals surface area (Å²) in [6, 6.07) is 4.47. The lowest BCUT2D eigenvalue weighted by Gasteiger charge is -2.37. The molecular formula is C14H22N2O2S. The molecule has 1 N–H and O–H groups in total. The van der Waals surface area contributed by atoms with Gasteiger partial charge in [0.1, 0.15) is 0 Å². The van der Waals surface area contributed by atoms with Gasteiger partial charge in [-0.25, -0.2) is 4.79 Å². The van der Waals surface area contributed by atoms with Crippen molar-refractivity contribution in [3.8, 4) is 0 Å². The molecule has 1 saturated heterocycles. The van der Waals surface area contributed by atoms with Crippen LogP contribution in [0.3, 0.4) is 0 Å². The number of likely N-dealkylation sites (tertiary alicyclic amines) is 1. The number of carbonyl (C=O) groups excluding carboxylic acids is 1. The van der Waals surface area contributed by atoms with Crippen molar-refractivity contribution < 1.29 is 9.53 Å². The van der Waals surface area contributed by atoms with Gasteiger partial charge in [0.2, 0.25) is 0 Å². The van der Waals surface area contributed by atoms with Crippen LogP contribution in [0, 0.1) is 0 Å². The van der Waals surface area contributed by atoms with Crippen LogP contribution in [0.5, 0.6) is 0 Å². The summed E-state index contributed by atoms with van der Waals surface area (Å²) >= 11 is 1.80. The topological polar surface area (TPSA) is 41.6 Å². The third kappa shape index (κ3) is 3.94. The van der Waals surface area contributed by atoms with Crippen LogP contribution >= 0.6 is 11.3 Å². The quantitative estimate of drug-likeness (QED) is 0.923. The molecule has 0 spiro atoms. The Bertz CT molecular complexity index is 394. The normalized spacial score (nSPS) is 24.1. The zero-order valence-electron chi connectivity index (χ0n) is 11.6.